The smallest absolute Gasteiger partial charge is 0.337 e. The van der Waals surface area contributed by atoms with Crippen molar-refractivity contribution >= 4 is 23.8 Å². The van der Waals surface area contributed by atoms with E-state index in [1.807, 2.05) is 42.8 Å². The first kappa shape index (κ1) is 19.9. The molecule has 1 atom stereocenters. The Hall–Kier alpha value is -2.81. The number of esters is 1. The predicted octanol–water partition coefficient (Wildman–Crippen LogP) is 2.40. The molecule has 0 unspecified atom stereocenters. The van der Waals surface area contributed by atoms with Crippen molar-refractivity contribution in [1.29, 1.82) is 0 Å². The number of aromatic nitrogens is 3. The third kappa shape index (κ3) is 4.04. The SMILES string of the molecule is CCOC(=O)C1=C(CSc2nnc(-c3ccccc3C)n2C)NC(=O)N[C@H]1C. The number of rotatable bonds is 6. The average Bonchev–Trinajstić information content (AvgIpc) is 3.00. The summed E-state index contributed by atoms with van der Waals surface area (Å²) in [5, 5.41) is 14.7. The standard InChI is InChI=1S/C19H23N5O3S/c1-5-27-17(25)15-12(3)20-18(26)21-14(15)10-28-19-23-22-16(24(19)4)13-9-7-6-8-11(13)2/h6-9,12H,5,10H2,1-4H3,(H2,20,21,26)/t12-/m0/s1. The molecule has 1 aromatic carbocycles. The van der Waals surface area contributed by atoms with Crippen LogP contribution in [-0.4, -0.2) is 45.2 Å². The summed E-state index contributed by atoms with van der Waals surface area (Å²) in [5.74, 6) is 0.700. The van der Waals surface area contributed by atoms with Gasteiger partial charge in [0.15, 0.2) is 11.0 Å². The third-order valence-electron chi connectivity index (χ3n) is 4.43. The highest BCUT2D eigenvalue weighted by Gasteiger charge is 2.30. The van der Waals surface area contributed by atoms with Crippen LogP contribution in [0.25, 0.3) is 11.4 Å². The molecule has 1 aliphatic heterocycles. The molecular formula is C19H23N5O3S. The lowest BCUT2D eigenvalue weighted by molar-refractivity contribution is -0.138. The first-order valence-corrected chi connectivity index (χ1v) is 9.96. The van der Waals surface area contributed by atoms with E-state index in [9.17, 15) is 9.59 Å². The Balaban J connectivity index is 1.84. The Morgan fingerprint density at radius 2 is 2.07 bits per heavy atom. The van der Waals surface area contributed by atoms with Crippen LogP contribution in [0.5, 0.6) is 0 Å². The zero-order valence-electron chi connectivity index (χ0n) is 16.3. The minimum Gasteiger partial charge on any atom is -0.463 e. The summed E-state index contributed by atoms with van der Waals surface area (Å²) in [7, 11) is 1.90. The lowest BCUT2D eigenvalue weighted by atomic mass is 10.1. The van der Waals surface area contributed by atoms with Crippen molar-refractivity contribution < 1.29 is 14.3 Å². The summed E-state index contributed by atoms with van der Waals surface area (Å²) in [6.45, 7) is 5.80. The molecule has 2 N–H and O–H groups in total. The molecule has 0 saturated carbocycles. The van der Waals surface area contributed by atoms with Crippen molar-refractivity contribution in [1.82, 2.24) is 25.4 Å². The highest BCUT2D eigenvalue weighted by Crippen LogP contribution is 2.27. The summed E-state index contributed by atoms with van der Waals surface area (Å²) in [6, 6.07) is 7.21. The molecule has 2 amide bonds. The van der Waals surface area contributed by atoms with Crippen LogP contribution in [0.3, 0.4) is 0 Å². The molecule has 9 heteroatoms. The minimum absolute atomic E-state index is 0.270. The number of benzene rings is 1. The van der Waals surface area contributed by atoms with Gasteiger partial charge in [0.2, 0.25) is 0 Å². The Morgan fingerprint density at radius 1 is 1.32 bits per heavy atom. The number of hydrogen-bond acceptors (Lipinski definition) is 6. The van der Waals surface area contributed by atoms with Gasteiger partial charge in [0, 0.05) is 24.1 Å². The van der Waals surface area contributed by atoms with Gasteiger partial charge in [0.25, 0.3) is 0 Å². The molecule has 1 aliphatic rings. The van der Waals surface area contributed by atoms with E-state index in [0.29, 0.717) is 22.2 Å². The number of ether oxygens (including phenoxy) is 1. The van der Waals surface area contributed by atoms with Crippen LogP contribution in [0, 0.1) is 6.92 Å². The maximum atomic E-state index is 12.3. The number of carbonyl (C=O) groups excluding carboxylic acids is 2. The van der Waals surface area contributed by atoms with Crippen LogP contribution in [0.4, 0.5) is 4.79 Å². The molecule has 28 heavy (non-hydrogen) atoms. The van der Waals surface area contributed by atoms with E-state index >= 15 is 0 Å². The number of carbonyl (C=O) groups is 2. The van der Waals surface area contributed by atoms with Gasteiger partial charge in [-0.15, -0.1) is 10.2 Å². The zero-order valence-corrected chi connectivity index (χ0v) is 17.1. The van der Waals surface area contributed by atoms with Crippen molar-refractivity contribution in [3.05, 3.63) is 41.1 Å². The van der Waals surface area contributed by atoms with E-state index in [2.05, 4.69) is 20.8 Å². The van der Waals surface area contributed by atoms with Crippen molar-refractivity contribution in [2.75, 3.05) is 12.4 Å². The van der Waals surface area contributed by atoms with Gasteiger partial charge in [-0.2, -0.15) is 0 Å². The van der Waals surface area contributed by atoms with Crippen LogP contribution >= 0.6 is 11.8 Å². The average molecular weight is 401 g/mol. The van der Waals surface area contributed by atoms with Gasteiger partial charge < -0.3 is 19.9 Å². The number of thioether (sulfide) groups is 1. The van der Waals surface area contributed by atoms with Gasteiger partial charge in [0.1, 0.15) is 0 Å². The number of amides is 2. The van der Waals surface area contributed by atoms with Gasteiger partial charge in [-0.1, -0.05) is 36.0 Å². The van der Waals surface area contributed by atoms with Gasteiger partial charge in [-0.05, 0) is 26.3 Å². The first-order chi connectivity index (χ1) is 13.4. The van der Waals surface area contributed by atoms with Gasteiger partial charge in [-0.25, -0.2) is 9.59 Å². The molecule has 0 aliphatic carbocycles. The fourth-order valence-electron chi connectivity index (χ4n) is 3.03. The van der Waals surface area contributed by atoms with E-state index in [-0.39, 0.29) is 12.6 Å². The van der Waals surface area contributed by atoms with Crippen molar-refractivity contribution in [3.63, 3.8) is 0 Å². The summed E-state index contributed by atoms with van der Waals surface area (Å²) >= 11 is 1.40. The van der Waals surface area contributed by atoms with Crippen LogP contribution in [0.1, 0.15) is 19.4 Å². The molecule has 0 spiro atoms. The summed E-state index contributed by atoms with van der Waals surface area (Å²) < 4.78 is 7.04. The van der Waals surface area contributed by atoms with Crippen molar-refractivity contribution in [3.8, 4) is 11.4 Å². The molecule has 2 heterocycles. The molecule has 0 bridgehead atoms. The number of urea groups is 1. The molecule has 148 valence electrons. The monoisotopic (exact) mass is 401 g/mol. The van der Waals surface area contributed by atoms with E-state index in [1.54, 1.807) is 13.8 Å². The second kappa shape index (κ2) is 8.47. The Labute approximate surface area is 167 Å². The van der Waals surface area contributed by atoms with E-state index in [1.165, 1.54) is 11.8 Å². The highest BCUT2D eigenvalue weighted by molar-refractivity contribution is 7.99. The maximum absolute atomic E-state index is 12.3. The fraction of sp³-hybridized carbons (Fsp3) is 0.368. The highest BCUT2D eigenvalue weighted by atomic mass is 32.2. The maximum Gasteiger partial charge on any atom is 0.337 e. The van der Waals surface area contributed by atoms with Gasteiger partial charge in [-0.3, -0.25) is 0 Å². The molecular weight excluding hydrogens is 378 g/mol. The number of aryl methyl sites for hydroxylation is 1. The number of nitrogens with zero attached hydrogens (tertiary/aromatic N) is 3. The Kier molecular flexibility index (Phi) is 6.03. The minimum atomic E-state index is -0.434. The van der Waals surface area contributed by atoms with Crippen LogP contribution < -0.4 is 10.6 Å². The fourth-order valence-corrected chi connectivity index (χ4v) is 3.91. The number of nitrogens with one attached hydrogen (secondary N) is 2. The van der Waals surface area contributed by atoms with Crippen molar-refractivity contribution in [2.24, 2.45) is 7.05 Å². The summed E-state index contributed by atoms with van der Waals surface area (Å²) in [6.07, 6.45) is 0. The molecule has 8 nitrogen and oxygen atoms in total. The Morgan fingerprint density at radius 3 is 2.79 bits per heavy atom. The topological polar surface area (TPSA) is 98.1 Å². The molecule has 0 fully saturated rings. The first-order valence-electron chi connectivity index (χ1n) is 8.98. The van der Waals surface area contributed by atoms with Crippen molar-refractivity contribution in [2.45, 2.75) is 32.0 Å². The van der Waals surface area contributed by atoms with Crippen LogP contribution in [-0.2, 0) is 16.6 Å². The summed E-state index contributed by atoms with van der Waals surface area (Å²) in [5.41, 5.74) is 3.08. The van der Waals surface area contributed by atoms with Crippen LogP contribution in [0.15, 0.2) is 40.7 Å². The zero-order chi connectivity index (χ0) is 20.3. The molecule has 0 radical (unpaired) electrons. The third-order valence-corrected chi connectivity index (χ3v) is 5.48. The lowest BCUT2D eigenvalue weighted by Crippen LogP contribution is -2.49. The van der Waals surface area contributed by atoms with E-state index < -0.39 is 12.0 Å². The molecule has 1 aromatic heterocycles. The second-order valence-electron chi connectivity index (χ2n) is 6.40. The second-order valence-corrected chi connectivity index (χ2v) is 7.34. The van der Waals surface area contributed by atoms with Gasteiger partial charge in [0.05, 0.1) is 18.2 Å². The summed E-state index contributed by atoms with van der Waals surface area (Å²) in [4.78, 5) is 24.2. The number of hydrogen-bond donors (Lipinski definition) is 2. The van der Waals surface area contributed by atoms with Gasteiger partial charge >= 0.3 is 12.0 Å². The van der Waals surface area contributed by atoms with E-state index in [4.69, 9.17) is 4.74 Å². The largest absolute Gasteiger partial charge is 0.463 e. The van der Waals surface area contributed by atoms with Crippen LogP contribution in [0.2, 0.25) is 0 Å². The Bertz CT molecular complexity index is 937. The molecule has 2 aromatic rings. The lowest BCUT2D eigenvalue weighted by Gasteiger charge is -2.26. The normalized spacial score (nSPS) is 16.6. The predicted molar refractivity (Wildman–Crippen MR) is 107 cm³/mol. The molecule has 0 saturated heterocycles. The molecule has 3 rings (SSSR count). The quantitative estimate of drug-likeness (QED) is 0.570. The van der Waals surface area contributed by atoms with E-state index in [0.717, 1.165) is 17.0 Å².